The second-order valence-electron chi connectivity index (χ2n) is 15.4. The number of likely N-dealkylation sites (N-methyl/N-ethyl adjacent to an activating group) is 2. The third-order valence-electron chi connectivity index (χ3n) is 10.3. The number of ketones is 2. The van der Waals surface area contributed by atoms with Crippen molar-refractivity contribution in [3.05, 3.63) is 111 Å². The van der Waals surface area contributed by atoms with Gasteiger partial charge in [0, 0.05) is 96.4 Å². The minimum Gasteiger partial charge on any atom is -0.359 e. The molecule has 0 aliphatic carbocycles. The van der Waals surface area contributed by atoms with Gasteiger partial charge in [0.1, 0.15) is 40.7 Å². The first kappa shape index (κ1) is 54.7. The molecule has 21 heteroatoms. The molecule has 0 unspecified atom stereocenters. The number of rotatable bonds is 22. The van der Waals surface area contributed by atoms with Crippen molar-refractivity contribution in [3.8, 4) is 20.9 Å². The fraction of sp³-hybridized carbons (Fsp3) is 0.333. The maximum atomic E-state index is 12.4. The lowest BCUT2D eigenvalue weighted by Crippen LogP contribution is -2.39. The van der Waals surface area contributed by atoms with E-state index in [2.05, 4.69) is 69.0 Å². The van der Waals surface area contributed by atoms with Crippen LogP contribution in [-0.4, -0.2) is 121 Å². The lowest BCUT2D eigenvalue weighted by atomic mass is 10.1. The smallest absolute Gasteiger partial charge is 0.246 e. The molecule has 0 saturated carbocycles. The number of allylic oxidation sites excluding steroid dienone is 1. The molecular formula is C48H59ClN14O4S2. The minimum atomic E-state index is -0.509. The summed E-state index contributed by atoms with van der Waals surface area (Å²) in [5.74, 6) is 4.19. The van der Waals surface area contributed by atoms with Crippen LogP contribution >= 0.6 is 34.3 Å². The normalized spacial score (nSPS) is 11.3. The molecule has 0 saturated heterocycles. The van der Waals surface area contributed by atoms with Gasteiger partial charge in [0.15, 0.2) is 16.0 Å². The zero-order valence-electron chi connectivity index (χ0n) is 40.1. The molecule has 0 fully saturated rings. The molecular weight excluding hydrogens is 936 g/mol. The van der Waals surface area contributed by atoms with Gasteiger partial charge < -0.3 is 30.7 Å². The Kier molecular flexibility index (Phi) is 22.1. The number of halogens is 1. The summed E-state index contributed by atoms with van der Waals surface area (Å²) in [5.41, 5.74) is 2.14. The number of pyridine rings is 2. The average Bonchev–Trinajstić information content (AvgIpc) is 4.03. The molecule has 0 aliphatic rings. The fourth-order valence-corrected chi connectivity index (χ4v) is 7.81. The van der Waals surface area contributed by atoms with Crippen LogP contribution in [0.3, 0.4) is 0 Å². The maximum absolute atomic E-state index is 12.4. The van der Waals surface area contributed by atoms with Crippen LogP contribution in [0.1, 0.15) is 51.2 Å². The van der Waals surface area contributed by atoms with Crippen LogP contribution in [0.15, 0.2) is 98.9 Å². The molecule has 0 aromatic carbocycles. The molecule has 6 aromatic rings. The predicted octanol–water partition coefficient (Wildman–Crippen LogP) is 8.24. The Bertz CT molecular complexity index is 2630. The molecule has 18 nitrogen and oxygen atoms in total. The highest BCUT2D eigenvalue weighted by Crippen LogP contribution is 2.32. The molecule has 0 bridgehead atoms. The van der Waals surface area contributed by atoms with Gasteiger partial charge in [0.25, 0.3) is 0 Å². The van der Waals surface area contributed by atoms with Gasteiger partial charge in [-0.25, -0.2) is 29.9 Å². The molecule has 6 aromatic heterocycles. The summed E-state index contributed by atoms with van der Waals surface area (Å²) in [4.78, 5) is 88.2. The highest BCUT2D eigenvalue weighted by Gasteiger charge is 2.21. The summed E-state index contributed by atoms with van der Waals surface area (Å²) in [7, 11) is 7.31. The van der Waals surface area contributed by atoms with Crippen molar-refractivity contribution in [2.75, 3.05) is 61.7 Å². The lowest BCUT2D eigenvalue weighted by molar-refractivity contribution is -0.134. The third-order valence-corrected chi connectivity index (χ3v) is 12.4. The molecule has 0 radical (unpaired) electrons. The Labute approximate surface area is 416 Å². The van der Waals surface area contributed by atoms with Gasteiger partial charge >= 0.3 is 0 Å². The number of aromatic nitrogens is 8. The Morgan fingerprint density at radius 2 is 1.12 bits per heavy atom. The van der Waals surface area contributed by atoms with Gasteiger partial charge in [-0.05, 0) is 107 Å². The van der Waals surface area contributed by atoms with Gasteiger partial charge in [0.05, 0.1) is 21.8 Å². The van der Waals surface area contributed by atoms with Crippen LogP contribution < -0.4 is 25.8 Å². The number of anilines is 6. The van der Waals surface area contributed by atoms with E-state index in [9.17, 15) is 19.2 Å². The van der Waals surface area contributed by atoms with Crippen molar-refractivity contribution in [2.24, 2.45) is 0 Å². The molecule has 69 heavy (non-hydrogen) atoms. The van der Waals surface area contributed by atoms with E-state index in [0.717, 1.165) is 61.8 Å². The Balaban J connectivity index is 0.000000275. The molecule has 6 rings (SSSR count). The number of nitrogens with zero attached hydrogens (tertiary/aromatic N) is 11. The Hall–Kier alpha value is -6.87. The number of carbonyl (C=O) groups excluding carboxylic acids is 4. The van der Waals surface area contributed by atoms with Gasteiger partial charge in [0.2, 0.25) is 11.1 Å². The zero-order valence-corrected chi connectivity index (χ0v) is 42.5. The van der Waals surface area contributed by atoms with Crippen LogP contribution in [0.5, 0.6) is 0 Å². The van der Waals surface area contributed by atoms with Crippen molar-refractivity contribution >= 4 is 90.5 Å². The van der Waals surface area contributed by atoms with Crippen molar-refractivity contribution in [3.63, 3.8) is 0 Å². The summed E-state index contributed by atoms with van der Waals surface area (Å²) in [6.45, 7) is 15.2. The first-order valence-electron chi connectivity index (χ1n) is 21.9. The summed E-state index contributed by atoms with van der Waals surface area (Å²) in [6.07, 6.45) is 15.3. The molecule has 1 amide bonds. The number of thiazole rings is 2. The van der Waals surface area contributed by atoms with Crippen molar-refractivity contribution in [2.45, 2.75) is 65.5 Å². The molecule has 364 valence electrons. The number of hydrogen-bond acceptors (Lipinski definition) is 19. The van der Waals surface area contributed by atoms with Crippen molar-refractivity contribution < 1.29 is 19.2 Å². The number of nitrogens with one attached hydrogen (secondary N) is 3. The minimum absolute atomic E-state index is 0.0149. The third kappa shape index (κ3) is 17.9. The van der Waals surface area contributed by atoms with Gasteiger partial charge in [-0.3, -0.25) is 29.1 Å². The van der Waals surface area contributed by atoms with Crippen molar-refractivity contribution in [1.82, 2.24) is 50.1 Å². The van der Waals surface area contributed by atoms with Crippen LogP contribution in [0, 0.1) is 13.8 Å². The van der Waals surface area contributed by atoms with E-state index in [4.69, 9.17) is 11.6 Å². The fourth-order valence-electron chi connectivity index (χ4n) is 6.15. The molecule has 3 N–H and O–H groups in total. The van der Waals surface area contributed by atoms with Gasteiger partial charge in [-0.2, -0.15) is 0 Å². The molecule has 2 atom stereocenters. The predicted molar refractivity (Wildman–Crippen MR) is 278 cm³/mol. The lowest BCUT2D eigenvalue weighted by Gasteiger charge is -2.23. The molecule has 0 spiro atoms. The average molecular weight is 996 g/mol. The van der Waals surface area contributed by atoms with Crippen molar-refractivity contribution in [1.29, 1.82) is 0 Å². The topological polar surface area (TPSA) is 217 Å². The number of carbonyl (C=O) groups is 4. The largest absolute Gasteiger partial charge is 0.359 e. The van der Waals surface area contributed by atoms with E-state index >= 15 is 0 Å². The number of hydrogen-bond donors (Lipinski definition) is 3. The molecule has 0 aliphatic heterocycles. The zero-order chi connectivity index (χ0) is 50.5. The standard InChI is InChI=1S/C24H29N7O2S.C21H27N7OS.C3H3ClO/c1-6-23(33)31(5)16(2)19(32)8-7-13-30(4)22-14-21(27-17(3)28-22)29-24-26-15-20(34-24)18-9-11-25-12-10-18;1-14(22-3)17(29)6-5-11-28(4)20-12-19(25-15(2)26-20)27-21-24-13-18(30-21)16-7-9-23-10-8-16;1-2-3(4)5/h6,9-12,14-16H,1,7-8,13H2,2-5H3,(H,26,27,28,29);7-10,12-14,22H,5-6,11H2,1-4H3,(H,24,25,26,27);2H,1H2/t16-;14-;/m00./s1. The maximum Gasteiger partial charge on any atom is 0.246 e. The molecule has 6 heterocycles. The van der Waals surface area contributed by atoms with E-state index in [1.54, 1.807) is 57.1 Å². The Morgan fingerprint density at radius 3 is 1.51 bits per heavy atom. The number of amides is 1. The van der Waals surface area contributed by atoms with E-state index in [-0.39, 0.29) is 23.5 Å². The second-order valence-corrected chi connectivity index (χ2v) is 17.9. The summed E-state index contributed by atoms with van der Waals surface area (Å²) >= 11 is 7.79. The van der Waals surface area contributed by atoms with Crippen LogP contribution in [0.25, 0.3) is 20.9 Å². The van der Waals surface area contributed by atoms with E-state index in [1.807, 2.05) is 93.5 Å². The number of aryl methyl sites for hydroxylation is 2. The number of Topliss-reactive ketones (excluding diaryl/α,β-unsaturated/α-hetero) is 2. The van der Waals surface area contributed by atoms with E-state index < -0.39 is 11.3 Å². The monoisotopic (exact) mass is 994 g/mol. The first-order chi connectivity index (χ1) is 33.0. The van der Waals surface area contributed by atoms with Crippen LogP contribution in [0.4, 0.5) is 33.5 Å². The highest BCUT2D eigenvalue weighted by atomic mass is 35.5. The second kappa shape index (κ2) is 27.8. The summed E-state index contributed by atoms with van der Waals surface area (Å²) in [6, 6.07) is 11.0. The Morgan fingerprint density at radius 1 is 0.696 bits per heavy atom. The van der Waals surface area contributed by atoms with Crippen LogP contribution in [0.2, 0.25) is 0 Å². The van der Waals surface area contributed by atoms with Gasteiger partial charge in [-0.1, -0.05) is 35.8 Å². The van der Waals surface area contributed by atoms with E-state index in [0.29, 0.717) is 49.1 Å². The summed E-state index contributed by atoms with van der Waals surface area (Å²) in [5, 5.41) is 10.5. The van der Waals surface area contributed by atoms with E-state index in [1.165, 1.54) is 22.3 Å². The van der Waals surface area contributed by atoms with Gasteiger partial charge in [-0.15, -0.1) is 0 Å². The highest BCUT2D eigenvalue weighted by molar-refractivity contribution is 7.19. The van der Waals surface area contributed by atoms with Crippen LogP contribution in [-0.2, 0) is 19.2 Å². The SMILES string of the molecule is C=CC(=O)Cl.C=CC(=O)N(C)[C@@H](C)C(=O)CCCN(C)c1cc(Nc2ncc(-c3ccncc3)s2)nc(C)n1.CN[C@@H](C)C(=O)CCCN(C)c1cc(Nc2ncc(-c3ccncc3)s2)nc(C)n1. The quantitative estimate of drug-likeness (QED) is 0.0431. The first-order valence-corrected chi connectivity index (χ1v) is 23.9. The summed E-state index contributed by atoms with van der Waals surface area (Å²) < 4.78 is 0.